The van der Waals surface area contributed by atoms with Crippen molar-refractivity contribution in [3.8, 4) is 0 Å². The number of nitrogens with one attached hydrogen (secondary N) is 1. The number of benzene rings is 1. The van der Waals surface area contributed by atoms with E-state index < -0.39 is 0 Å². The first-order valence-electron chi connectivity index (χ1n) is 7.63. The van der Waals surface area contributed by atoms with Crippen molar-refractivity contribution in [1.29, 1.82) is 0 Å². The fourth-order valence-electron chi connectivity index (χ4n) is 2.54. The Kier molecular flexibility index (Phi) is 5.27. The van der Waals surface area contributed by atoms with Gasteiger partial charge in [-0.25, -0.2) is 0 Å². The fourth-order valence-corrected chi connectivity index (χ4v) is 4.89. The highest BCUT2D eigenvalue weighted by Crippen LogP contribution is 2.43. The summed E-state index contributed by atoms with van der Waals surface area (Å²) >= 11 is 3.73. The molecule has 1 unspecified atom stereocenters. The Labute approximate surface area is 134 Å². The highest BCUT2D eigenvalue weighted by Gasteiger charge is 2.27. The van der Waals surface area contributed by atoms with Gasteiger partial charge in [-0.3, -0.25) is 0 Å². The predicted molar refractivity (Wildman–Crippen MR) is 90.4 cm³/mol. The molecule has 1 aromatic heterocycles. The smallest absolute Gasteiger partial charge is 0.125 e. The van der Waals surface area contributed by atoms with Gasteiger partial charge in [-0.2, -0.15) is 0 Å². The lowest BCUT2D eigenvalue weighted by molar-refractivity contribution is 0.637. The average Bonchev–Trinajstić information content (AvgIpc) is 3.13. The Morgan fingerprint density at radius 3 is 3.05 bits per heavy atom. The van der Waals surface area contributed by atoms with Crippen LogP contribution in [0.3, 0.4) is 0 Å². The zero-order valence-electron chi connectivity index (χ0n) is 12.3. The Morgan fingerprint density at radius 1 is 1.24 bits per heavy atom. The second kappa shape index (κ2) is 7.38. The Hall–Kier alpha value is -0.910. The number of hydrogen-bond donors (Lipinski definition) is 1. The number of aromatic nitrogens is 2. The molecule has 1 aromatic carbocycles. The van der Waals surface area contributed by atoms with Crippen molar-refractivity contribution in [1.82, 2.24) is 15.5 Å². The van der Waals surface area contributed by atoms with Crippen molar-refractivity contribution in [3.63, 3.8) is 0 Å². The number of fused-ring (bicyclic) bond motifs is 1. The second-order valence-electron chi connectivity index (χ2n) is 5.29. The van der Waals surface area contributed by atoms with Gasteiger partial charge in [-0.05, 0) is 37.6 Å². The van der Waals surface area contributed by atoms with Crippen LogP contribution in [0.25, 0.3) is 0 Å². The number of thioether (sulfide) groups is 1. The normalized spacial score (nSPS) is 17.1. The maximum Gasteiger partial charge on any atom is 0.125 e. The summed E-state index contributed by atoms with van der Waals surface area (Å²) in [5.74, 6) is 1.54. The standard InChI is InChI=1S/C16H21N3S2/c1-2-9-17-10-5-8-15-18-19-16(21-15)13-11-20-14-7-4-3-6-12(13)14/h3-4,6-7,13,17H,2,5,8-11H2,1H3. The molecule has 0 radical (unpaired) electrons. The molecule has 112 valence electrons. The molecule has 1 aliphatic heterocycles. The summed E-state index contributed by atoms with van der Waals surface area (Å²) in [6.45, 7) is 4.38. The third kappa shape index (κ3) is 3.65. The van der Waals surface area contributed by atoms with E-state index in [9.17, 15) is 0 Å². The van der Waals surface area contributed by atoms with Crippen LogP contribution in [0.2, 0.25) is 0 Å². The molecule has 3 rings (SSSR count). The molecule has 3 nitrogen and oxygen atoms in total. The minimum atomic E-state index is 0.440. The Morgan fingerprint density at radius 2 is 2.14 bits per heavy atom. The van der Waals surface area contributed by atoms with Crippen LogP contribution in [0.4, 0.5) is 0 Å². The SMILES string of the molecule is CCCNCCCc1nnc(C2CSc3ccccc32)s1. The number of nitrogens with zero attached hydrogens (tertiary/aromatic N) is 2. The minimum absolute atomic E-state index is 0.440. The Bertz CT molecular complexity index is 582. The number of rotatable bonds is 7. The van der Waals surface area contributed by atoms with E-state index in [0.717, 1.165) is 31.7 Å². The largest absolute Gasteiger partial charge is 0.317 e. The van der Waals surface area contributed by atoms with E-state index >= 15 is 0 Å². The van der Waals surface area contributed by atoms with Gasteiger partial charge in [-0.1, -0.05) is 25.1 Å². The van der Waals surface area contributed by atoms with Crippen LogP contribution in [0, 0.1) is 0 Å². The van der Waals surface area contributed by atoms with Gasteiger partial charge in [0.05, 0.1) is 0 Å². The van der Waals surface area contributed by atoms with Crippen molar-refractivity contribution in [2.24, 2.45) is 0 Å². The van der Waals surface area contributed by atoms with Crippen LogP contribution in [0.15, 0.2) is 29.2 Å². The van der Waals surface area contributed by atoms with Crippen molar-refractivity contribution in [2.45, 2.75) is 37.0 Å². The first-order chi connectivity index (χ1) is 10.4. The molecule has 0 fully saturated rings. The van der Waals surface area contributed by atoms with Gasteiger partial charge >= 0.3 is 0 Å². The van der Waals surface area contributed by atoms with Crippen LogP contribution in [0.1, 0.15) is 41.3 Å². The topological polar surface area (TPSA) is 37.8 Å². The summed E-state index contributed by atoms with van der Waals surface area (Å²) in [7, 11) is 0. The van der Waals surface area contributed by atoms with E-state index in [1.807, 2.05) is 11.8 Å². The van der Waals surface area contributed by atoms with E-state index in [2.05, 4.69) is 46.7 Å². The summed E-state index contributed by atoms with van der Waals surface area (Å²) in [4.78, 5) is 1.41. The van der Waals surface area contributed by atoms with Gasteiger partial charge in [0.2, 0.25) is 0 Å². The van der Waals surface area contributed by atoms with Gasteiger partial charge in [0.15, 0.2) is 0 Å². The summed E-state index contributed by atoms with van der Waals surface area (Å²) in [6.07, 6.45) is 3.38. The van der Waals surface area contributed by atoms with Gasteiger partial charge in [0.25, 0.3) is 0 Å². The fraction of sp³-hybridized carbons (Fsp3) is 0.500. The molecule has 1 atom stereocenters. The van der Waals surface area contributed by atoms with Crippen LogP contribution >= 0.6 is 23.1 Å². The van der Waals surface area contributed by atoms with Crippen LogP contribution in [0.5, 0.6) is 0 Å². The molecule has 0 amide bonds. The molecule has 2 heterocycles. The molecule has 0 spiro atoms. The Balaban J connectivity index is 1.58. The third-order valence-electron chi connectivity index (χ3n) is 3.65. The maximum absolute atomic E-state index is 4.45. The molecule has 0 saturated heterocycles. The molecular formula is C16H21N3S2. The average molecular weight is 319 g/mol. The maximum atomic E-state index is 4.45. The zero-order valence-corrected chi connectivity index (χ0v) is 14.0. The molecule has 0 aliphatic carbocycles. The predicted octanol–water partition coefficient (Wildman–Crippen LogP) is 3.71. The summed E-state index contributed by atoms with van der Waals surface area (Å²) < 4.78 is 0. The quantitative estimate of drug-likeness (QED) is 0.790. The van der Waals surface area contributed by atoms with E-state index in [4.69, 9.17) is 0 Å². The van der Waals surface area contributed by atoms with Crippen molar-refractivity contribution >= 4 is 23.1 Å². The third-order valence-corrected chi connectivity index (χ3v) is 5.93. The van der Waals surface area contributed by atoms with Gasteiger partial charge < -0.3 is 5.32 Å². The van der Waals surface area contributed by atoms with E-state index in [1.54, 1.807) is 11.3 Å². The lowest BCUT2D eigenvalue weighted by Gasteiger charge is -2.05. The molecule has 1 aliphatic rings. The highest BCUT2D eigenvalue weighted by molar-refractivity contribution is 7.99. The first-order valence-corrected chi connectivity index (χ1v) is 9.43. The molecule has 0 saturated carbocycles. The van der Waals surface area contributed by atoms with Crippen LogP contribution in [-0.2, 0) is 6.42 Å². The van der Waals surface area contributed by atoms with Gasteiger partial charge in [-0.15, -0.1) is 33.3 Å². The molecule has 2 aromatic rings. The van der Waals surface area contributed by atoms with E-state index in [1.165, 1.54) is 26.9 Å². The molecule has 5 heteroatoms. The monoisotopic (exact) mass is 319 g/mol. The minimum Gasteiger partial charge on any atom is -0.317 e. The highest BCUT2D eigenvalue weighted by atomic mass is 32.2. The van der Waals surface area contributed by atoms with Gasteiger partial charge in [0.1, 0.15) is 10.0 Å². The lowest BCUT2D eigenvalue weighted by Crippen LogP contribution is -2.16. The first kappa shape index (κ1) is 15.0. The summed E-state index contributed by atoms with van der Waals surface area (Å²) in [5.41, 5.74) is 1.43. The number of hydrogen-bond acceptors (Lipinski definition) is 5. The summed E-state index contributed by atoms with van der Waals surface area (Å²) in [6, 6.07) is 8.68. The zero-order chi connectivity index (χ0) is 14.5. The summed E-state index contributed by atoms with van der Waals surface area (Å²) in [5, 5.41) is 14.6. The molecule has 21 heavy (non-hydrogen) atoms. The molecular weight excluding hydrogens is 298 g/mol. The second-order valence-corrected chi connectivity index (χ2v) is 7.44. The van der Waals surface area contributed by atoms with Crippen molar-refractivity contribution < 1.29 is 0 Å². The van der Waals surface area contributed by atoms with Crippen LogP contribution in [-0.4, -0.2) is 29.0 Å². The number of aryl methyl sites for hydroxylation is 1. The molecule has 0 bridgehead atoms. The molecule has 1 N–H and O–H groups in total. The van der Waals surface area contributed by atoms with E-state index in [0.29, 0.717) is 5.92 Å². The van der Waals surface area contributed by atoms with Crippen molar-refractivity contribution in [2.75, 3.05) is 18.8 Å². The van der Waals surface area contributed by atoms with Gasteiger partial charge in [0, 0.05) is 23.0 Å². The lowest BCUT2D eigenvalue weighted by atomic mass is 10.0. The van der Waals surface area contributed by atoms with E-state index in [-0.39, 0.29) is 0 Å². The van der Waals surface area contributed by atoms with Crippen molar-refractivity contribution in [3.05, 3.63) is 39.8 Å². The van der Waals surface area contributed by atoms with Crippen LogP contribution < -0.4 is 5.32 Å².